The molecule has 0 radical (unpaired) electrons. The number of hydrogen-bond acceptors (Lipinski definition) is 6. The van der Waals surface area contributed by atoms with Crippen LogP contribution in [0.25, 0.3) is 0 Å². The number of carbonyl (C=O) groups excluding carboxylic acids is 2. The number of carbonyl (C=O) groups is 3. The van der Waals surface area contributed by atoms with Gasteiger partial charge in [-0.1, -0.05) is 30.3 Å². The molecule has 33 heavy (non-hydrogen) atoms. The zero-order valence-electron chi connectivity index (χ0n) is 19.2. The molecule has 0 spiro atoms. The first-order chi connectivity index (χ1) is 16.1. The number of aromatic nitrogens is 3. The van der Waals surface area contributed by atoms with E-state index in [0.29, 0.717) is 39.1 Å². The number of amides is 2. The maximum Gasteiger partial charge on any atom is 0.290 e. The van der Waals surface area contributed by atoms with Crippen LogP contribution in [0.5, 0.6) is 0 Å². The van der Waals surface area contributed by atoms with Gasteiger partial charge in [-0.15, -0.1) is 10.2 Å². The first-order valence-corrected chi connectivity index (χ1v) is 11.3. The molecule has 1 aliphatic heterocycles. The highest BCUT2D eigenvalue weighted by molar-refractivity contribution is 5.78. The summed E-state index contributed by atoms with van der Waals surface area (Å²) in [7, 11) is 0. The van der Waals surface area contributed by atoms with Crippen molar-refractivity contribution >= 4 is 18.3 Å². The van der Waals surface area contributed by atoms with Gasteiger partial charge in [0.25, 0.3) is 6.47 Å². The molecule has 1 fully saturated rings. The fourth-order valence-electron chi connectivity index (χ4n) is 3.85. The summed E-state index contributed by atoms with van der Waals surface area (Å²) in [4.78, 5) is 35.3. The molecule has 1 unspecified atom stereocenters. The van der Waals surface area contributed by atoms with Gasteiger partial charge in [0.1, 0.15) is 12.2 Å². The summed E-state index contributed by atoms with van der Waals surface area (Å²) >= 11 is 0. The number of nitrogens with zero attached hydrogens (tertiary/aromatic N) is 4. The lowest BCUT2D eigenvalue weighted by Gasteiger charge is -2.23. The molecule has 0 bridgehead atoms. The van der Waals surface area contributed by atoms with Gasteiger partial charge in [0.15, 0.2) is 0 Å². The van der Waals surface area contributed by atoms with Crippen LogP contribution in [0.2, 0.25) is 0 Å². The molecule has 180 valence electrons. The minimum Gasteiger partial charge on any atom is -0.483 e. The minimum absolute atomic E-state index is 0.0190. The Bertz CT molecular complexity index is 858. The maximum absolute atomic E-state index is 12.6. The Morgan fingerprint density at radius 1 is 1.12 bits per heavy atom. The Morgan fingerprint density at radius 3 is 2.58 bits per heavy atom. The Morgan fingerprint density at radius 2 is 1.85 bits per heavy atom. The minimum atomic E-state index is -0.250. The zero-order valence-corrected chi connectivity index (χ0v) is 19.2. The SMILES string of the molecule is CCn1cnnc1CN1CCCNC(=O)CCC(c2ccccc2)CCNC(=O)C1.O=CO. The number of rotatable bonds is 4. The predicted octanol–water partition coefficient (Wildman–Crippen LogP) is 1.39. The molecule has 1 aromatic heterocycles. The van der Waals surface area contributed by atoms with Crippen molar-refractivity contribution in [3.8, 4) is 0 Å². The molecular weight excluding hydrogens is 424 g/mol. The number of benzene rings is 1. The standard InChI is InChI=1S/C22H32N6O2.CH2O2/c1-2-28-17-25-26-20(28)15-27-14-6-12-23-21(29)10-9-19(11-13-24-22(30)16-27)18-7-4-3-5-8-18;2-1-3/h3-5,7-8,17,19H,2,6,9-16H2,1H3,(H,23,29)(H,24,30);1H,(H,2,3). The molecule has 3 rings (SSSR count). The summed E-state index contributed by atoms with van der Waals surface area (Å²) in [6.07, 6.45) is 4.58. The van der Waals surface area contributed by atoms with Crippen LogP contribution in [0.15, 0.2) is 36.7 Å². The molecule has 1 atom stereocenters. The highest BCUT2D eigenvalue weighted by Gasteiger charge is 2.18. The second-order valence-electron chi connectivity index (χ2n) is 7.84. The Kier molecular flexibility index (Phi) is 11.6. The maximum atomic E-state index is 12.6. The molecule has 10 nitrogen and oxygen atoms in total. The number of aryl methyl sites for hydroxylation is 1. The van der Waals surface area contributed by atoms with Gasteiger partial charge in [-0.3, -0.25) is 19.3 Å². The third kappa shape index (κ3) is 9.40. The molecule has 1 aliphatic rings. The molecule has 2 heterocycles. The zero-order chi connectivity index (χ0) is 23.9. The molecule has 0 aliphatic carbocycles. The van der Waals surface area contributed by atoms with Crippen molar-refractivity contribution in [1.29, 1.82) is 0 Å². The average Bonchev–Trinajstić information content (AvgIpc) is 3.26. The first kappa shape index (κ1) is 26.0. The van der Waals surface area contributed by atoms with Gasteiger partial charge < -0.3 is 20.3 Å². The van der Waals surface area contributed by atoms with Crippen LogP contribution in [0.3, 0.4) is 0 Å². The second kappa shape index (κ2) is 14.7. The van der Waals surface area contributed by atoms with Crippen molar-refractivity contribution < 1.29 is 19.5 Å². The molecular formula is C23H34N6O4. The van der Waals surface area contributed by atoms with E-state index in [1.165, 1.54) is 5.56 Å². The highest BCUT2D eigenvalue weighted by atomic mass is 16.3. The van der Waals surface area contributed by atoms with Crippen molar-refractivity contribution in [2.75, 3.05) is 26.2 Å². The van der Waals surface area contributed by atoms with Crippen LogP contribution >= 0.6 is 0 Å². The largest absolute Gasteiger partial charge is 0.483 e. The third-order valence-corrected chi connectivity index (χ3v) is 5.55. The van der Waals surface area contributed by atoms with Crippen LogP contribution in [-0.2, 0) is 27.5 Å². The second-order valence-corrected chi connectivity index (χ2v) is 7.84. The Labute approximate surface area is 194 Å². The van der Waals surface area contributed by atoms with E-state index in [1.54, 1.807) is 6.33 Å². The molecule has 10 heteroatoms. The Hall–Kier alpha value is -3.27. The van der Waals surface area contributed by atoms with Crippen molar-refractivity contribution in [2.24, 2.45) is 0 Å². The Balaban J connectivity index is 0.00000122. The van der Waals surface area contributed by atoms with Crippen LogP contribution in [0, 0.1) is 0 Å². The normalized spacial score (nSPS) is 18.8. The lowest BCUT2D eigenvalue weighted by molar-refractivity contribution is -0.123. The molecule has 0 saturated carbocycles. The van der Waals surface area contributed by atoms with Gasteiger partial charge >= 0.3 is 0 Å². The van der Waals surface area contributed by atoms with E-state index in [-0.39, 0.29) is 24.2 Å². The summed E-state index contributed by atoms with van der Waals surface area (Å²) in [6, 6.07) is 10.2. The average molecular weight is 459 g/mol. The van der Waals surface area contributed by atoms with E-state index in [0.717, 1.165) is 31.6 Å². The van der Waals surface area contributed by atoms with Gasteiger partial charge in [-0.05, 0) is 37.7 Å². The monoisotopic (exact) mass is 458 g/mol. The molecule has 2 aromatic rings. The summed E-state index contributed by atoms with van der Waals surface area (Å²) in [5.74, 6) is 1.21. The van der Waals surface area contributed by atoms with Gasteiger partial charge in [0, 0.05) is 32.6 Å². The fourth-order valence-corrected chi connectivity index (χ4v) is 3.85. The lowest BCUT2D eigenvalue weighted by atomic mass is 9.91. The van der Waals surface area contributed by atoms with E-state index in [9.17, 15) is 9.59 Å². The van der Waals surface area contributed by atoms with E-state index >= 15 is 0 Å². The number of nitrogens with one attached hydrogen (secondary N) is 2. The summed E-state index contributed by atoms with van der Waals surface area (Å²) in [6.45, 7) is 5.35. The quantitative estimate of drug-likeness (QED) is 0.591. The molecule has 1 aromatic carbocycles. The third-order valence-electron chi connectivity index (χ3n) is 5.55. The molecule has 2 amide bonds. The topological polar surface area (TPSA) is 129 Å². The van der Waals surface area contributed by atoms with Crippen LogP contribution in [0.4, 0.5) is 0 Å². The van der Waals surface area contributed by atoms with E-state index in [1.807, 2.05) is 29.7 Å². The van der Waals surface area contributed by atoms with Gasteiger partial charge in [-0.2, -0.15) is 0 Å². The lowest BCUT2D eigenvalue weighted by Crippen LogP contribution is -2.39. The van der Waals surface area contributed by atoms with E-state index in [4.69, 9.17) is 9.90 Å². The van der Waals surface area contributed by atoms with Crippen molar-refractivity contribution in [1.82, 2.24) is 30.3 Å². The predicted molar refractivity (Wildman–Crippen MR) is 123 cm³/mol. The number of hydrogen-bond donors (Lipinski definition) is 3. The summed E-state index contributed by atoms with van der Waals surface area (Å²) < 4.78 is 1.98. The van der Waals surface area contributed by atoms with Crippen molar-refractivity contribution in [3.05, 3.63) is 48.0 Å². The smallest absolute Gasteiger partial charge is 0.290 e. The van der Waals surface area contributed by atoms with Crippen molar-refractivity contribution in [2.45, 2.75) is 51.6 Å². The van der Waals surface area contributed by atoms with Crippen LogP contribution < -0.4 is 10.6 Å². The van der Waals surface area contributed by atoms with Gasteiger partial charge in [0.05, 0.1) is 13.1 Å². The van der Waals surface area contributed by atoms with Crippen molar-refractivity contribution in [3.63, 3.8) is 0 Å². The van der Waals surface area contributed by atoms with E-state index in [2.05, 4.69) is 37.9 Å². The fraction of sp³-hybridized carbons (Fsp3) is 0.522. The number of carboxylic acid groups (broad SMARTS) is 1. The molecule has 3 N–H and O–H groups in total. The first-order valence-electron chi connectivity index (χ1n) is 11.3. The van der Waals surface area contributed by atoms with E-state index < -0.39 is 0 Å². The summed E-state index contributed by atoms with van der Waals surface area (Å²) in [5, 5.41) is 21.1. The van der Waals surface area contributed by atoms with Crippen LogP contribution in [-0.4, -0.2) is 69.2 Å². The highest BCUT2D eigenvalue weighted by Crippen LogP contribution is 2.24. The van der Waals surface area contributed by atoms with Crippen LogP contribution in [0.1, 0.15) is 49.9 Å². The van der Waals surface area contributed by atoms with Gasteiger partial charge in [-0.25, -0.2) is 0 Å². The van der Waals surface area contributed by atoms with Gasteiger partial charge in [0.2, 0.25) is 11.8 Å². The summed E-state index contributed by atoms with van der Waals surface area (Å²) in [5.41, 5.74) is 1.21. The molecule has 1 saturated heterocycles.